The van der Waals surface area contributed by atoms with Crippen molar-refractivity contribution >= 4 is 39.9 Å². The smallest absolute Gasteiger partial charge is 0.274 e. The molecule has 0 radical (unpaired) electrons. The van der Waals surface area contributed by atoms with E-state index in [9.17, 15) is 14.9 Å². The van der Waals surface area contributed by atoms with Gasteiger partial charge in [0.1, 0.15) is 6.61 Å². The highest BCUT2D eigenvalue weighted by atomic mass is 127. The summed E-state index contributed by atoms with van der Waals surface area (Å²) >= 11 is 2.10. The van der Waals surface area contributed by atoms with E-state index in [1.54, 1.807) is 31.2 Å². The van der Waals surface area contributed by atoms with E-state index < -0.39 is 10.8 Å². The Kier molecular flexibility index (Phi) is 7.45. The van der Waals surface area contributed by atoms with Crippen LogP contribution in [0.1, 0.15) is 28.4 Å². The van der Waals surface area contributed by atoms with Crippen LogP contribution in [-0.2, 0) is 6.61 Å². The van der Waals surface area contributed by atoms with Crippen LogP contribution in [0, 0.1) is 20.6 Å². The number of amides is 1. The first-order chi connectivity index (χ1) is 14.9. The number of benzene rings is 3. The molecule has 0 heterocycles. The summed E-state index contributed by atoms with van der Waals surface area (Å²) in [5, 5.41) is 13.9. The van der Waals surface area contributed by atoms with Crippen LogP contribution in [0.25, 0.3) is 0 Å². The summed E-state index contributed by atoms with van der Waals surface area (Å²) in [5.74, 6) is 0.630. The fourth-order valence-corrected chi connectivity index (χ4v) is 3.68. The van der Waals surface area contributed by atoms with Crippen LogP contribution in [0.5, 0.6) is 11.5 Å². The molecule has 1 N–H and O–H groups in total. The number of ether oxygens (including phenoxy) is 2. The molecule has 3 aromatic carbocycles. The highest BCUT2D eigenvalue weighted by Gasteiger charge is 2.18. The van der Waals surface area contributed by atoms with Crippen LogP contribution in [0.3, 0.4) is 0 Å². The van der Waals surface area contributed by atoms with Crippen LogP contribution >= 0.6 is 22.6 Å². The number of nitro groups is 1. The Morgan fingerprint density at radius 1 is 1.10 bits per heavy atom. The molecule has 8 heteroatoms. The van der Waals surface area contributed by atoms with Gasteiger partial charge in [0.05, 0.1) is 15.1 Å². The zero-order valence-electron chi connectivity index (χ0n) is 17.1. The Hall–Kier alpha value is -3.14. The number of nitrogens with zero attached hydrogens (tertiary/aromatic N) is 1. The Morgan fingerprint density at radius 2 is 1.84 bits per heavy atom. The number of carbonyl (C=O) groups is 1. The zero-order chi connectivity index (χ0) is 22.4. The second kappa shape index (κ2) is 10.3. The first-order valence-corrected chi connectivity index (χ1v) is 10.7. The number of aryl methyl sites for hydroxylation is 1. The van der Waals surface area contributed by atoms with Crippen LogP contribution in [0.2, 0.25) is 0 Å². The van der Waals surface area contributed by atoms with Gasteiger partial charge in [-0.15, -0.1) is 0 Å². The largest absolute Gasteiger partial charge is 0.490 e. The summed E-state index contributed by atoms with van der Waals surface area (Å²) in [4.78, 5) is 23.5. The zero-order valence-corrected chi connectivity index (χ0v) is 19.2. The van der Waals surface area contributed by atoms with Gasteiger partial charge in [0.2, 0.25) is 0 Å². The molecule has 1 amide bonds. The van der Waals surface area contributed by atoms with Gasteiger partial charge in [-0.3, -0.25) is 14.9 Å². The Labute approximate surface area is 193 Å². The molecule has 0 bridgehead atoms. The average molecular weight is 532 g/mol. The second-order valence-electron chi connectivity index (χ2n) is 6.71. The molecule has 0 aliphatic heterocycles. The van der Waals surface area contributed by atoms with Crippen molar-refractivity contribution in [1.82, 2.24) is 0 Å². The highest BCUT2D eigenvalue weighted by Crippen LogP contribution is 2.35. The Morgan fingerprint density at radius 3 is 2.52 bits per heavy atom. The third kappa shape index (κ3) is 5.72. The number of hydrogen-bond acceptors (Lipinski definition) is 5. The van der Waals surface area contributed by atoms with Gasteiger partial charge >= 0.3 is 0 Å². The topological polar surface area (TPSA) is 90.7 Å². The molecule has 0 saturated carbocycles. The lowest BCUT2D eigenvalue weighted by molar-refractivity contribution is -0.385. The second-order valence-corrected chi connectivity index (χ2v) is 7.87. The number of nitro benzene ring substituents is 1. The summed E-state index contributed by atoms with van der Waals surface area (Å²) in [5.41, 5.74) is 2.20. The lowest BCUT2D eigenvalue weighted by Gasteiger charge is -2.15. The van der Waals surface area contributed by atoms with E-state index in [1.165, 1.54) is 6.07 Å². The maximum atomic E-state index is 12.8. The molecular weight excluding hydrogens is 511 g/mol. The molecule has 7 nitrogen and oxygen atoms in total. The minimum atomic E-state index is -0.472. The van der Waals surface area contributed by atoms with Gasteiger partial charge in [-0.1, -0.05) is 36.4 Å². The number of carbonyl (C=O) groups excluding carboxylic acids is 1. The van der Waals surface area contributed by atoms with Crippen LogP contribution in [0.4, 0.5) is 11.4 Å². The van der Waals surface area contributed by atoms with Gasteiger partial charge in [0.15, 0.2) is 11.5 Å². The van der Waals surface area contributed by atoms with E-state index in [0.29, 0.717) is 41.5 Å². The number of halogens is 1. The summed E-state index contributed by atoms with van der Waals surface area (Å²) in [7, 11) is 0. The molecule has 0 fully saturated rings. The van der Waals surface area contributed by atoms with E-state index in [-0.39, 0.29) is 5.69 Å². The van der Waals surface area contributed by atoms with Gasteiger partial charge in [0.25, 0.3) is 11.6 Å². The third-order valence-electron chi connectivity index (χ3n) is 4.46. The molecule has 0 aliphatic rings. The van der Waals surface area contributed by atoms with E-state index in [0.717, 1.165) is 9.13 Å². The van der Waals surface area contributed by atoms with Gasteiger partial charge in [-0.25, -0.2) is 0 Å². The van der Waals surface area contributed by atoms with Crippen molar-refractivity contribution in [2.45, 2.75) is 20.5 Å². The minimum Gasteiger partial charge on any atom is -0.490 e. The summed E-state index contributed by atoms with van der Waals surface area (Å²) in [6.07, 6.45) is 0. The summed E-state index contributed by atoms with van der Waals surface area (Å²) in [6.45, 7) is 4.28. The van der Waals surface area contributed by atoms with Crippen LogP contribution in [0.15, 0.2) is 60.7 Å². The van der Waals surface area contributed by atoms with Crippen LogP contribution in [-0.4, -0.2) is 17.4 Å². The van der Waals surface area contributed by atoms with Crippen molar-refractivity contribution in [3.05, 3.63) is 91.0 Å². The first-order valence-electron chi connectivity index (χ1n) is 9.58. The predicted molar refractivity (Wildman–Crippen MR) is 127 cm³/mol. The van der Waals surface area contributed by atoms with Crippen molar-refractivity contribution in [3.63, 3.8) is 0 Å². The molecule has 0 spiro atoms. The molecule has 0 atom stereocenters. The SMILES string of the molecule is CCOc1cc(C(=O)Nc2ccc(C)c([N+](=O)[O-])c2)cc(I)c1OCc1ccccc1. The molecule has 3 rings (SSSR count). The van der Waals surface area contributed by atoms with Crippen molar-refractivity contribution in [2.24, 2.45) is 0 Å². The number of hydrogen-bond donors (Lipinski definition) is 1. The van der Waals surface area contributed by atoms with Crippen LogP contribution < -0.4 is 14.8 Å². The van der Waals surface area contributed by atoms with E-state index in [2.05, 4.69) is 27.9 Å². The Bertz CT molecular complexity index is 1100. The minimum absolute atomic E-state index is 0.0490. The Balaban J connectivity index is 1.83. The number of nitrogens with one attached hydrogen (secondary N) is 1. The standard InChI is InChI=1S/C23H21IN2O5/c1-3-30-21-12-17(11-19(24)22(21)31-14-16-7-5-4-6-8-16)23(27)25-18-10-9-15(2)20(13-18)26(28)29/h4-13H,3,14H2,1-2H3,(H,25,27). The van der Waals surface area contributed by atoms with E-state index in [4.69, 9.17) is 9.47 Å². The lowest BCUT2D eigenvalue weighted by Crippen LogP contribution is -2.13. The molecule has 160 valence electrons. The maximum Gasteiger partial charge on any atom is 0.274 e. The number of rotatable bonds is 8. The molecule has 3 aromatic rings. The number of anilines is 1. The molecular formula is C23H21IN2O5. The summed E-state index contributed by atoms with van der Waals surface area (Å²) in [6, 6.07) is 17.6. The quantitative estimate of drug-likeness (QED) is 0.227. The molecule has 0 saturated heterocycles. The predicted octanol–water partition coefficient (Wildman–Crippen LogP) is 5.74. The fourth-order valence-electron chi connectivity index (χ4n) is 2.92. The van der Waals surface area contributed by atoms with Gasteiger partial charge in [-0.05, 0) is 60.2 Å². The monoisotopic (exact) mass is 532 g/mol. The molecule has 0 aromatic heterocycles. The van der Waals surface area contributed by atoms with Crippen molar-refractivity contribution in [3.8, 4) is 11.5 Å². The van der Waals surface area contributed by atoms with Gasteiger partial charge < -0.3 is 14.8 Å². The highest BCUT2D eigenvalue weighted by molar-refractivity contribution is 14.1. The van der Waals surface area contributed by atoms with Crippen molar-refractivity contribution in [1.29, 1.82) is 0 Å². The third-order valence-corrected chi connectivity index (χ3v) is 5.26. The molecule has 31 heavy (non-hydrogen) atoms. The average Bonchev–Trinajstić information content (AvgIpc) is 2.75. The normalized spacial score (nSPS) is 10.4. The fraction of sp³-hybridized carbons (Fsp3) is 0.174. The summed E-state index contributed by atoms with van der Waals surface area (Å²) < 4.78 is 12.4. The lowest BCUT2D eigenvalue weighted by atomic mass is 10.1. The van der Waals surface area contributed by atoms with E-state index >= 15 is 0 Å². The van der Waals surface area contributed by atoms with Crippen molar-refractivity contribution < 1.29 is 19.2 Å². The van der Waals surface area contributed by atoms with E-state index in [1.807, 2.05) is 37.3 Å². The maximum absolute atomic E-state index is 12.8. The van der Waals surface area contributed by atoms with Crippen molar-refractivity contribution in [2.75, 3.05) is 11.9 Å². The first kappa shape index (κ1) is 22.5. The van der Waals surface area contributed by atoms with Gasteiger partial charge in [-0.2, -0.15) is 0 Å². The van der Waals surface area contributed by atoms with Gasteiger partial charge in [0, 0.05) is 22.9 Å². The molecule has 0 aliphatic carbocycles. The molecule has 0 unspecified atom stereocenters.